The molecule has 0 saturated heterocycles. The van der Waals surface area contributed by atoms with Crippen LogP contribution in [0, 0.1) is 0 Å². The molecule has 0 bridgehead atoms. The van der Waals surface area contributed by atoms with Crippen molar-refractivity contribution in [1.82, 2.24) is 0 Å². The first kappa shape index (κ1) is 10.9. The summed E-state index contributed by atoms with van der Waals surface area (Å²) in [7, 11) is -0.878. The third kappa shape index (κ3) is 4.34. The van der Waals surface area contributed by atoms with E-state index in [4.69, 9.17) is 4.12 Å². The number of rotatable bonds is 6. The minimum absolute atomic E-state index is 0.595. The lowest BCUT2D eigenvalue weighted by molar-refractivity contribution is 0.590. The highest BCUT2D eigenvalue weighted by atomic mass is 28.4. The third-order valence-electron chi connectivity index (χ3n) is 1.50. The first-order chi connectivity index (χ1) is 5.18. The van der Waals surface area contributed by atoms with E-state index in [0.717, 1.165) is 12.1 Å². The zero-order chi connectivity index (χ0) is 8.74. The van der Waals surface area contributed by atoms with E-state index in [1.54, 1.807) is 0 Å². The van der Waals surface area contributed by atoms with Crippen LogP contribution in [0.5, 0.6) is 0 Å². The predicted molar refractivity (Wildman–Crippen MR) is 54.3 cm³/mol. The second-order valence-electron chi connectivity index (χ2n) is 2.74. The molecule has 0 aliphatic rings. The van der Waals surface area contributed by atoms with Gasteiger partial charge in [-0.05, 0) is 25.2 Å². The van der Waals surface area contributed by atoms with Crippen LogP contribution in [0.3, 0.4) is 0 Å². The summed E-state index contributed by atoms with van der Waals surface area (Å²) in [6.07, 6.45) is 3.91. The lowest BCUT2D eigenvalue weighted by atomic mass is 10.7. The molecule has 0 aromatic rings. The molecule has 11 heavy (non-hydrogen) atoms. The molecule has 0 unspecified atom stereocenters. The van der Waals surface area contributed by atoms with Gasteiger partial charge in [-0.3, -0.25) is 0 Å². The Morgan fingerprint density at radius 3 is 2.09 bits per heavy atom. The Bertz CT molecular complexity index is 124. The average molecular weight is 184 g/mol. The van der Waals surface area contributed by atoms with Crippen molar-refractivity contribution in [1.29, 1.82) is 0 Å². The zero-order valence-electron chi connectivity index (χ0n) is 7.39. The van der Waals surface area contributed by atoms with Crippen LogP contribution in [0.15, 0.2) is 25.3 Å². The van der Waals surface area contributed by atoms with Crippen LogP contribution < -0.4 is 0 Å². The molecule has 0 aliphatic heterocycles. The monoisotopic (exact) mass is 184 g/mol. The molecule has 0 heterocycles. The Labute approximate surface area is 73.2 Å². The van der Waals surface area contributed by atoms with Gasteiger partial charge < -0.3 is 4.12 Å². The van der Waals surface area contributed by atoms with Gasteiger partial charge in [0.15, 0.2) is 8.32 Å². The van der Waals surface area contributed by atoms with Crippen molar-refractivity contribution in [2.45, 2.75) is 25.2 Å². The van der Waals surface area contributed by atoms with Crippen LogP contribution in [-0.4, -0.2) is 18.1 Å². The van der Waals surface area contributed by atoms with Gasteiger partial charge in [-0.1, -0.05) is 12.2 Å². The van der Waals surface area contributed by atoms with Gasteiger partial charge in [0.1, 0.15) is 0 Å². The molecule has 3 heteroatoms. The molecular weight excluding hydrogens is 168 g/mol. The molecule has 1 nitrogen and oxygen atoms in total. The van der Waals surface area contributed by atoms with Crippen molar-refractivity contribution < 1.29 is 4.12 Å². The predicted octanol–water partition coefficient (Wildman–Crippen LogP) is 2.62. The fourth-order valence-electron chi connectivity index (χ4n) is 1.02. The van der Waals surface area contributed by atoms with E-state index in [-0.39, 0.29) is 0 Å². The minimum Gasteiger partial charge on any atom is -0.456 e. The molecule has 0 saturated carbocycles. The molecule has 0 aromatic heterocycles. The lowest BCUT2D eigenvalue weighted by Gasteiger charge is -2.23. The Morgan fingerprint density at radius 2 is 1.82 bits per heavy atom. The first-order valence-corrected chi connectivity index (χ1v) is 7.98. The van der Waals surface area contributed by atoms with E-state index in [9.17, 15) is 0 Å². The molecule has 0 fully saturated rings. The van der Waals surface area contributed by atoms with Crippen LogP contribution in [0.1, 0.15) is 0 Å². The second-order valence-corrected chi connectivity index (χ2v) is 7.68. The summed E-state index contributed by atoms with van der Waals surface area (Å²) in [5.41, 5.74) is 0. The van der Waals surface area contributed by atoms with Gasteiger partial charge in [0.2, 0.25) is 9.76 Å². The number of hydrogen-bond donors (Lipinski definition) is 0. The molecule has 0 aliphatic carbocycles. The topological polar surface area (TPSA) is 9.23 Å². The van der Waals surface area contributed by atoms with Gasteiger partial charge in [0, 0.05) is 0 Å². The maximum absolute atomic E-state index is 5.73. The van der Waals surface area contributed by atoms with E-state index in [2.05, 4.69) is 26.3 Å². The van der Waals surface area contributed by atoms with Crippen LogP contribution in [0.4, 0.5) is 0 Å². The zero-order valence-corrected chi connectivity index (χ0v) is 9.39. The van der Waals surface area contributed by atoms with E-state index in [0.29, 0.717) is 9.76 Å². The van der Waals surface area contributed by atoms with Gasteiger partial charge in [-0.2, -0.15) is 0 Å². The Balaban J connectivity index is 3.98. The molecule has 0 spiro atoms. The number of hydrogen-bond acceptors (Lipinski definition) is 1. The van der Waals surface area contributed by atoms with Crippen LogP contribution in [0.2, 0.25) is 25.2 Å². The largest absolute Gasteiger partial charge is 0.456 e. The lowest BCUT2D eigenvalue weighted by Crippen LogP contribution is -2.33. The highest BCUT2D eigenvalue weighted by molar-refractivity contribution is 6.76. The molecule has 0 atom stereocenters. The summed E-state index contributed by atoms with van der Waals surface area (Å²) in [6, 6.07) is 2.06. The van der Waals surface area contributed by atoms with Crippen molar-refractivity contribution in [2.24, 2.45) is 0 Å². The summed E-state index contributed by atoms with van der Waals surface area (Å²) >= 11 is 0. The van der Waals surface area contributed by atoms with Crippen LogP contribution >= 0.6 is 0 Å². The van der Waals surface area contributed by atoms with Crippen LogP contribution in [0.25, 0.3) is 0 Å². The quantitative estimate of drug-likeness (QED) is 0.455. The van der Waals surface area contributed by atoms with Crippen molar-refractivity contribution in [3.63, 3.8) is 0 Å². The van der Waals surface area contributed by atoms with Crippen molar-refractivity contribution in [3.8, 4) is 0 Å². The standard InChI is InChI=1S/C8H16OSi2/c1-5-7-11(4,8-6-2)9-10-3/h5-6H,1-2,7-8H2,3-4H3. The molecule has 62 valence electrons. The molecule has 0 rings (SSSR count). The SMILES string of the molecule is C=CC[Si](C)(CC=C)O[Si]C. The van der Waals surface area contributed by atoms with Crippen molar-refractivity contribution in [2.75, 3.05) is 0 Å². The van der Waals surface area contributed by atoms with Crippen LogP contribution in [-0.2, 0) is 4.12 Å². The van der Waals surface area contributed by atoms with Gasteiger partial charge in [-0.25, -0.2) is 0 Å². The fraction of sp³-hybridized carbons (Fsp3) is 0.500. The van der Waals surface area contributed by atoms with E-state index < -0.39 is 8.32 Å². The Morgan fingerprint density at radius 1 is 1.36 bits per heavy atom. The fourth-order valence-corrected chi connectivity index (χ4v) is 5.05. The summed E-state index contributed by atoms with van der Waals surface area (Å²) < 4.78 is 5.73. The molecule has 0 aromatic carbocycles. The van der Waals surface area contributed by atoms with Gasteiger partial charge in [0.25, 0.3) is 0 Å². The van der Waals surface area contributed by atoms with Crippen molar-refractivity contribution >= 4 is 18.1 Å². The number of allylic oxidation sites excluding steroid dienone is 2. The normalized spacial score (nSPS) is 11.1. The summed E-state index contributed by atoms with van der Waals surface area (Å²) in [5, 5.41) is 0. The van der Waals surface area contributed by atoms with Gasteiger partial charge >= 0.3 is 0 Å². The summed E-state index contributed by atoms with van der Waals surface area (Å²) in [4.78, 5) is 0. The maximum atomic E-state index is 5.73. The maximum Gasteiger partial charge on any atom is 0.211 e. The van der Waals surface area contributed by atoms with Gasteiger partial charge in [-0.15, -0.1) is 13.2 Å². The van der Waals surface area contributed by atoms with Gasteiger partial charge in [0.05, 0.1) is 0 Å². The first-order valence-electron chi connectivity index (χ1n) is 3.75. The minimum atomic E-state index is -1.47. The van der Waals surface area contributed by atoms with E-state index >= 15 is 0 Å². The third-order valence-corrected chi connectivity index (χ3v) is 6.59. The Hall–Kier alpha value is -0.126. The molecular formula is C8H16OSi2. The van der Waals surface area contributed by atoms with Crippen molar-refractivity contribution in [3.05, 3.63) is 25.3 Å². The van der Waals surface area contributed by atoms with E-state index in [1.165, 1.54) is 0 Å². The average Bonchev–Trinajstić information content (AvgIpc) is 1.88. The van der Waals surface area contributed by atoms with E-state index in [1.807, 2.05) is 12.2 Å². The summed E-state index contributed by atoms with van der Waals surface area (Å²) in [5.74, 6) is 0. The Kier molecular flexibility index (Phi) is 5.45. The smallest absolute Gasteiger partial charge is 0.211 e. The highest BCUT2D eigenvalue weighted by Crippen LogP contribution is 2.17. The molecule has 0 amide bonds. The highest BCUT2D eigenvalue weighted by Gasteiger charge is 2.24. The summed E-state index contributed by atoms with van der Waals surface area (Å²) in [6.45, 7) is 11.8. The molecule has 2 radical (unpaired) electrons. The second kappa shape index (κ2) is 5.51. The molecule has 0 N–H and O–H groups in total.